The number of nitrogens with zero attached hydrogens (tertiary/aromatic N) is 4. The van der Waals surface area contributed by atoms with Crippen LogP contribution in [0.2, 0.25) is 0 Å². The van der Waals surface area contributed by atoms with Gasteiger partial charge >= 0.3 is 0 Å². The molecule has 1 aliphatic rings. The van der Waals surface area contributed by atoms with Crippen LogP contribution in [-0.2, 0) is 30.9 Å². The van der Waals surface area contributed by atoms with Gasteiger partial charge in [-0.05, 0) is 60.3 Å². The van der Waals surface area contributed by atoms with E-state index in [-0.39, 0.29) is 36.4 Å². The zero-order chi connectivity index (χ0) is 31.1. The summed E-state index contributed by atoms with van der Waals surface area (Å²) < 4.78 is 0. The predicted molar refractivity (Wildman–Crippen MR) is 185 cm³/mol. The van der Waals surface area contributed by atoms with Gasteiger partial charge in [-0.15, -0.1) is 34.9 Å². The molecule has 8 rings (SSSR count). The Bertz CT molecular complexity index is 2270. The molecular formula is C41H35IrN4-. The van der Waals surface area contributed by atoms with Gasteiger partial charge < -0.3 is 4.98 Å². The molecule has 1 aliphatic carbocycles. The summed E-state index contributed by atoms with van der Waals surface area (Å²) in [4.78, 5) is 18.8. The van der Waals surface area contributed by atoms with Crippen molar-refractivity contribution in [1.82, 2.24) is 19.9 Å². The molecule has 0 fully saturated rings. The second-order valence-electron chi connectivity index (χ2n) is 14.0. The summed E-state index contributed by atoms with van der Waals surface area (Å²) >= 11 is 0. The fourth-order valence-electron chi connectivity index (χ4n) is 7.43. The van der Waals surface area contributed by atoms with Gasteiger partial charge in [0.05, 0.1) is 0 Å². The second-order valence-corrected chi connectivity index (χ2v) is 14.0. The van der Waals surface area contributed by atoms with Crippen molar-refractivity contribution in [2.24, 2.45) is 5.41 Å². The summed E-state index contributed by atoms with van der Waals surface area (Å²) in [6.07, 6.45) is 3.45. The molecule has 2 heterocycles. The molecule has 2 aromatic heterocycles. The predicted octanol–water partition coefficient (Wildman–Crippen LogP) is 10.1. The van der Waals surface area contributed by atoms with Crippen molar-refractivity contribution in [2.75, 3.05) is 0 Å². The average Bonchev–Trinajstić information content (AvgIpc) is 3.18. The molecule has 0 bridgehead atoms. The Morgan fingerprint density at radius 3 is 1.70 bits per heavy atom. The van der Waals surface area contributed by atoms with Gasteiger partial charge in [-0.2, -0.15) is 0 Å². The Balaban J connectivity index is 0.00000338. The number of hydrogen-bond acceptors (Lipinski definition) is 4. The van der Waals surface area contributed by atoms with E-state index in [9.17, 15) is 0 Å². The molecule has 0 atom stereocenters. The van der Waals surface area contributed by atoms with Crippen LogP contribution >= 0.6 is 0 Å². The summed E-state index contributed by atoms with van der Waals surface area (Å²) in [5, 5.41) is 7.40. The molecule has 5 heteroatoms. The van der Waals surface area contributed by atoms with Crippen molar-refractivity contribution < 1.29 is 20.1 Å². The zero-order valence-corrected chi connectivity index (χ0v) is 29.3. The second kappa shape index (κ2) is 10.6. The van der Waals surface area contributed by atoms with Crippen LogP contribution < -0.4 is 0 Å². The Kier molecular flexibility index (Phi) is 7.01. The van der Waals surface area contributed by atoms with Crippen LogP contribution in [0.4, 0.5) is 0 Å². The van der Waals surface area contributed by atoms with Gasteiger partial charge in [0, 0.05) is 37.4 Å². The van der Waals surface area contributed by atoms with Gasteiger partial charge in [-0.25, -0.2) is 15.0 Å². The summed E-state index contributed by atoms with van der Waals surface area (Å²) in [5.41, 5.74) is 6.66. The van der Waals surface area contributed by atoms with Crippen molar-refractivity contribution in [2.45, 2.75) is 52.4 Å². The van der Waals surface area contributed by atoms with Gasteiger partial charge in [0.25, 0.3) is 0 Å². The first-order chi connectivity index (χ1) is 21.6. The topological polar surface area (TPSA) is 51.6 Å². The fourth-order valence-corrected chi connectivity index (χ4v) is 7.43. The molecule has 0 unspecified atom stereocenters. The van der Waals surface area contributed by atoms with E-state index in [0.29, 0.717) is 11.6 Å². The van der Waals surface area contributed by atoms with Crippen LogP contribution in [0.15, 0.2) is 104 Å². The van der Waals surface area contributed by atoms with Gasteiger partial charge in [-0.1, -0.05) is 114 Å². The maximum absolute atomic E-state index is 4.89. The van der Waals surface area contributed by atoms with Crippen molar-refractivity contribution >= 4 is 32.3 Å². The van der Waals surface area contributed by atoms with E-state index in [1.54, 1.807) is 6.33 Å². The van der Waals surface area contributed by atoms with E-state index in [4.69, 9.17) is 9.97 Å². The van der Waals surface area contributed by atoms with Crippen LogP contribution in [-0.4, -0.2) is 19.9 Å². The molecule has 0 spiro atoms. The minimum absolute atomic E-state index is 0. The minimum Gasteiger partial charge on any atom is -0.304 e. The monoisotopic (exact) mass is 776 g/mol. The fraction of sp³-hybridized carbons (Fsp3) is 0.220. The number of benzene rings is 5. The van der Waals surface area contributed by atoms with E-state index in [2.05, 4.69) is 136 Å². The molecule has 1 radical (unpaired) electrons. The van der Waals surface area contributed by atoms with E-state index in [0.717, 1.165) is 22.4 Å². The summed E-state index contributed by atoms with van der Waals surface area (Å²) in [6, 6.07) is 35.8. The summed E-state index contributed by atoms with van der Waals surface area (Å²) in [6.45, 7) is 14.2. The van der Waals surface area contributed by atoms with Gasteiger partial charge in [0.2, 0.25) is 0 Å². The van der Waals surface area contributed by atoms with Crippen LogP contribution in [0.5, 0.6) is 0 Å². The van der Waals surface area contributed by atoms with E-state index < -0.39 is 0 Å². The molecule has 0 aliphatic heterocycles. The van der Waals surface area contributed by atoms with Gasteiger partial charge in [-0.3, -0.25) is 0 Å². The summed E-state index contributed by atoms with van der Waals surface area (Å²) in [7, 11) is 0. The quantitative estimate of drug-likeness (QED) is 0.133. The molecule has 0 saturated heterocycles. The van der Waals surface area contributed by atoms with E-state index in [1.165, 1.54) is 43.4 Å². The van der Waals surface area contributed by atoms with Gasteiger partial charge in [0.1, 0.15) is 6.33 Å². The molecule has 229 valence electrons. The Hall–Kier alpha value is -4.31. The first-order valence-corrected chi connectivity index (χ1v) is 15.6. The number of rotatable bonds is 3. The summed E-state index contributed by atoms with van der Waals surface area (Å²) in [5.74, 6) is 1.24. The zero-order valence-electron chi connectivity index (χ0n) is 26.9. The molecule has 0 saturated carbocycles. The Morgan fingerprint density at radius 1 is 0.543 bits per heavy atom. The van der Waals surface area contributed by atoms with Gasteiger partial charge in [0.15, 0.2) is 11.6 Å². The SMILES string of the molecule is CC1(C)c2c[c-]c(-c3ccc(-c4ncnc(-c5ccc6c7ccccc7c7ccccc7c6c5)n4)cn3)cc2C(C)(C)C1(C)C.[Ir]. The van der Waals surface area contributed by atoms with Crippen molar-refractivity contribution in [3.63, 3.8) is 0 Å². The molecule has 7 aromatic rings. The number of hydrogen-bond donors (Lipinski definition) is 0. The third-order valence-electron chi connectivity index (χ3n) is 11.3. The van der Waals surface area contributed by atoms with Crippen molar-refractivity contribution in [3.8, 4) is 34.0 Å². The Morgan fingerprint density at radius 2 is 1.09 bits per heavy atom. The average molecular weight is 776 g/mol. The third kappa shape index (κ3) is 4.29. The molecule has 0 amide bonds. The van der Waals surface area contributed by atoms with Crippen LogP contribution in [0.25, 0.3) is 66.4 Å². The molecular weight excluding hydrogens is 741 g/mol. The van der Waals surface area contributed by atoms with Crippen LogP contribution in [0.3, 0.4) is 0 Å². The maximum atomic E-state index is 4.89. The van der Waals surface area contributed by atoms with Crippen LogP contribution in [0.1, 0.15) is 52.7 Å². The molecule has 0 N–H and O–H groups in total. The molecule has 46 heavy (non-hydrogen) atoms. The standard InChI is InChI=1S/C41H35N4.Ir/c1-39(2)34-19-16-25(22-35(34)40(3,4)41(39,5)6)36-20-17-27(23-42-36)38-44-24-43-37(45-38)26-15-18-32-30-13-8-7-11-28(30)29-12-9-10-14-31(29)33(32)21-26;/h7-15,17-24H,1-6H3;/q-1;. The number of pyridine rings is 1. The number of aromatic nitrogens is 4. The van der Waals surface area contributed by atoms with Crippen molar-refractivity contribution in [1.29, 1.82) is 0 Å². The smallest absolute Gasteiger partial charge is 0.164 e. The molecule has 4 nitrogen and oxygen atoms in total. The van der Waals surface area contributed by atoms with E-state index >= 15 is 0 Å². The third-order valence-corrected chi connectivity index (χ3v) is 11.3. The first-order valence-electron chi connectivity index (χ1n) is 15.6. The van der Waals surface area contributed by atoms with E-state index in [1.807, 2.05) is 18.3 Å². The maximum Gasteiger partial charge on any atom is 0.164 e. The Labute approximate surface area is 283 Å². The number of fused-ring (bicyclic) bond motifs is 7. The van der Waals surface area contributed by atoms with Crippen LogP contribution in [0, 0.1) is 11.5 Å². The first kappa shape index (κ1) is 30.3. The normalized spacial score (nSPS) is 16.0. The molecule has 5 aromatic carbocycles. The largest absolute Gasteiger partial charge is 0.304 e. The van der Waals surface area contributed by atoms with Crippen molar-refractivity contribution in [3.05, 3.63) is 121 Å². The minimum atomic E-state index is 0.